The third-order valence-corrected chi connectivity index (χ3v) is 2.26. The molecule has 7 heteroatoms. The van der Waals surface area contributed by atoms with Crippen molar-refractivity contribution in [1.82, 2.24) is 0 Å². The molecule has 0 aromatic heterocycles. The topological polar surface area (TPSA) is 43.1 Å². The molecular weight excluding hydrogens is 235 g/mol. The molecule has 0 amide bonds. The van der Waals surface area contributed by atoms with Crippen LogP contribution in [0.15, 0.2) is 12.1 Å². The number of benzene rings is 1. The van der Waals surface area contributed by atoms with E-state index in [0.29, 0.717) is 6.07 Å². The number of nitrogens with zero attached hydrogens (tertiary/aromatic N) is 1. The molecule has 3 nitrogen and oxygen atoms in total. The predicted molar refractivity (Wildman–Crippen MR) is 47.8 cm³/mol. The van der Waals surface area contributed by atoms with Gasteiger partial charge in [0.05, 0.1) is 15.5 Å². The van der Waals surface area contributed by atoms with E-state index in [1.54, 1.807) is 0 Å². The third-order valence-electron chi connectivity index (χ3n) is 1.76. The summed E-state index contributed by atoms with van der Waals surface area (Å²) in [6, 6.07) is 1.42. The maximum atomic E-state index is 12.4. The monoisotopic (exact) mass is 239 g/mol. The van der Waals surface area contributed by atoms with E-state index in [-0.39, 0.29) is 5.56 Å². The lowest BCUT2D eigenvalue weighted by Crippen LogP contribution is -2.07. The first-order valence-electron chi connectivity index (χ1n) is 3.75. The second-order valence-corrected chi connectivity index (χ2v) is 3.26. The molecule has 0 heterocycles. The first-order chi connectivity index (χ1) is 6.73. The number of aryl methyl sites for hydroxylation is 1. The summed E-state index contributed by atoms with van der Waals surface area (Å²) < 4.78 is 37.1. The number of hydrogen-bond acceptors (Lipinski definition) is 2. The number of nitro benzene ring substituents is 1. The lowest BCUT2D eigenvalue weighted by molar-refractivity contribution is -0.385. The van der Waals surface area contributed by atoms with E-state index in [9.17, 15) is 23.3 Å². The van der Waals surface area contributed by atoms with Crippen molar-refractivity contribution in [3.63, 3.8) is 0 Å². The van der Waals surface area contributed by atoms with Crippen LogP contribution >= 0.6 is 11.6 Å². The Balaban J connectivity index is 3.45. The van der Waals surface area contributed by atoms with Gasteiger partial charge in [-0.25, -0.2) is 0 Å². The first kappa shape index (κ1) is 11.8. The molecule has 0 aliphatic heterocycles. The van der Waals surface area contributed by atoms with Gasteiger partial charge in [0.2, 0.25) is 0 Å². The summed E-state index contributed by atoms with van der Waals surface area (Å²) in [5, 5.41) is 9.83. The Kier molecular flexibility index (Phi) is 2.90. The normalized spacial score (nSPS) is 11.5. The molecular formula is C8H5ClF3NO2. The van der Waals surface area contributed by atoms with Gasteiger partial charge in [0.15, 0.2) is 0 Å². The van der Waals surface area contributed by atoms with Gasteiger partial charge in [-0.1, -0.05) is 11.6 Å². The van der Waals surface area contributed by atoms with Gasteiger partial charge in [0.1, 0.15) is 0 Å². The molecule has 0 aliphatic rings. The van der Waals surface area contributed by atoms with Crippen molar-refractivity contribution in [3.05, 3.63) is 38.4 Å². The summed E-state index contributed by atoms with van der Waals surface area (Å²) in [6.45, 7) is 1.28. The quantitative estimate of drug-likeness (QED) is 0.555. The predicted octanol–water partition coefficient (Wildman–Crippen LogP) is 3.58. The van der Waals surface area contributed by atoms with Crippen molar-refractivity contribution in [1.29, 1.82) is 0 Å². The maximum absolute atomic E-state index is 12.4. The van der Waals surface area contributed by atoms with E-state index in [2.05, 4.69) is 0 Å². The molecule has 0 spiro atoms. The van der Waals surface area contributed by atoms with Crippen molar-refractivity contribution in [2.75, 3.05) is 0 Å². The van der Waals surface area contributed by atoms with Gasteiger partial charge in [0, 0.05) is 12.1 Å². The highest BCUT2D eigenvalue weighted by Crippen LogP contribution is 2.38. The van der Waals surface area contributed by atoms with Crippen LogP contribution in [0.1, 0.15) is 11.1 Å². The Morgan fingerprint density at radius 3 is 2.33 bits per heavy atom. The Hall–Kier alpha value is -1.30. The Morgan fingerprint density at radius 1 is 1.40 bits per heavy atom. The summed E-state index contributed by atoms with van der Waals surface area (Å²) >= 11 is 5.41. The van der Waals surface area contributed by atoms with Crippen molar-refractivity contribution >= 4 is 17.3 Å². The van der Waals surface area contributed by atoms with E-state index in [1.165, 1.54) is 6.92 Å². The Labute approximate surface area is 87.6 Å². The fourth-order valence-electron chi connectivity index (χ4n) is 1.06. The van der Waals surface area contributed by atoms with Crippen molar-refractivity contribution in [2.24, 2.45) is 0 Å². The largest absolute Gasteiger partial charge is 0.418 e. The maximum Gasteiger partial charge on any atom is 0.418 e. The highest BCUT2D eigenvalue weighted by Gasteiger charge is 2.35. The van der Waals surface area contributed by atoms with Crippen LogP contribution in [0, 0.1) is 17.0 Å². The second kappa shape index (κ2) is 3.69. The Morgan fingerprint density at radius 2 is 1.93 bits per heavy atom. The van der Waals surface area contributed by atoms with Crippen molar-refractivity contribution in [3.8, 4) is 0 Å². The van der Waals surface area contributed by atoms with E-state index >= 15 is 0 Å². The third kappa shape index (κ3) is 2.38. The molecule has 82 valence electrons. The number of hydrogen-bond donors (Lipinski definition) is 0. The number of rotatable bonds is 1. The van der Waals surface area contributed by atoms with E-state index in [1.807, 2.05) is 0 Å². The molecule has 0 aliphatic carbocycles. The first-order valence-corrected chi connectivity index (χ1v) is 4.13. The summed E-state index contributed by atoms with van der Waals surface area (Å²) in [7, 11) is 0. The van der Waals surface area contributed by atoms with Crippen LogP contribution < -0.4 is 0 Å². The highest BCUT2D eigenvalue weighted by molar-refractivity contribution is 6.32. The molecule has 1 rings (SSSR count). The average Bonchev–Trinajstić information content (AvgIpc) is 2.06. The molecule has 0 bridgehead atoms. The summed E-state index contributed by atoms with van der Waals surface area (Å²) in [6.07, 6.45) is -4.69. The molecule has 1 aromatic rings. The van der Waals surface area contributed by atoms with Crippen LogP contribution in [-0.4, -0.2) is 4.92 Å². The number of alkyl halides is 3. The molecule has 15 heavy (non-hydrogen) atoms. The van der Waals surface area contributed by atoms with Gasteiger partial charge in [-0.2, -0.15) is 13.2 Å². The van der Waals surface area contributed by atoms with Crippen LogP contribution in [0.2, 0.25) is 5.02 Å². The summed E-state index contributed by atoms with van der Waals surface area (Å²) in [4.78, 5) is 9.45. The zero-order valence-corrected chi connectivity index (χ0v) is 8.19. The molecule has 0 saturated carbocycles. The molecule has 0 unspecified atom stereocenters. The zero-order valence-electron chi connectivity index (χ0n) is 7.43. The average molecular weight is 240 g/mol. The van der Waals surface area contributed by atoms with Gasteiger partial charge in [-0.3, -0.25) is 10.1 Å². The molecule has 0 atom stereocenters. The lowest BCUT2D eigenvalue weighted by Gasteiger charge is -2.10. The minimum Gasteiger partial charge on any atom is -0.258 e. The highest BCUT2D eigenvalue weighted by atomic mass is 35.5. The van der Waals surface area contributed by atoms with E-state index in [4.69, 9.17) is 11.6 Å². The smallest absolute Gasteiger partial charge is 0.258 e. The van der Waals surface area contributed by atoms with Gasteiger partial charge < -0.3 is 0 Å². The van der Waals surface area contributed by atoms with Crippen LogP contribution in [0.25, 0.3) is 0 Å². The van der Waals surface area contributed by atoms with Crippen LogP contribution in [0.4, 0.5) is 18.9 Å². The minimum absolute atomic E-state index is 0.0261. The van der Waals surface area contributed by atoms with Gasteiger partial charge in [-0.15, -0.1) is 0 Å². The molecule has 0 N–H and O–H groups in total. The fraction of sp³-hybridized carbons (Fsp3) is 0.250. The van der Waals surface area contributed by atoms with Gasteiger partial charge in [0.25, 0.3) is 5.69 Å². The standard InChI is InChI=1S/C8H5ClF3NO2/c1-4-2-5(13(14)15)3-6(7(4)9)8(10,11)12/h2-3H,1H3. The Bertz CT molecular complexity index is 417. The van der Waals surface area contributed by atoms with Crippen LogP contribution in [0.3, 0.4) is 0 Å². The second-order valence-electron chi connectivity index (χ2n) is 2.88. The lowest BCUT2D eigenvalue weighted by atomic mass is 10.1. The number of halogens is 4. The number of non-ortho nitro benzene ring substituents is 1. The van der Waals surface area contributed by atoms with Crippen LogP contribution in [-0.2, 0) is 6.18 Å². The van der Waals surface area contributed by atoms with E-state index in [0.717, 1.165) is 6.07 Å². The van der Waals surface area contributed by atoms with Crippen LogP contribution in [0.5, 0.6) is 0 Å². The summed E-state index contributed by atoms with van der Waals surface area (Å²) in [5.74, 6) is 0. The van der Waals surface area contributed by atoms with Gasteiger partial charge >= 0.3 is 6.18 Å². The van der Waals surface area contributed by atoms with Gasteiger partial charge in [-0.05, 0) is 12.5 Å². The van der Waals surface area contributed by atoms with Crippen molar-refractivity contribution < 1.29 is 18.1 Å². The summed E-state index contributed by atoms with van der Waals surface area (Å²) in [5.41, 5.74) is -1.78. The fourth-order valence-corrected chi connectivity index (χ4v) is 1.28. The zero-order chi connectivity index (χ0) is 11.8. The molecule has 0 radical (unpaired) electrons. The van der Waals surface area contributed by atoms with E-state index < -0.39 is 27.4 Å². The number of nitro groups is 1. The SMILES string of the molecule is Cc1cc([N+](=O)[O-])cc(C(F)(F)F)c1Cl. The molecule has 0 saturated heterocycles. The molecule has 0 fully saturated rings. The minimum atomic E-state index is -4.69. The molecule has 1 aromatic carbocycles. The van der Waals surface area contributed by atoms with Crippen molar-refractivity contribution in [2.45, 2.75) is 13.1 Å².